The van der Waals surface area contributed by atoms with E-state index in [1.54, 1.807) is 7.11 Å². The largest absolute Gasteiger partial charge is 0.366 e. The molecule has 0 aromatic rings. The van der Waals surface area contributed by atoms with E-state index in [1.807, 2.05) is 6.92 Å². The third kappa shape index (κ3) is 2.27. The monoisotopic (exact) mass is 267 g/mol. The first-order valence-electron chi connectivity index (χ1n) is 7.04. The Labute approximate surface area is 113 Å². The first kappa shape index (κ1) is 13.3. The van der Waals surface area contributed by atoms with Crippen molar-refractivity contribution in [1.82, 2.24) is 0 Å². The second-order valence-corrected chi connectivity index (χ2v) is 5.93. The van der Waals surface area contributed by atoms with Crippen molar-refractivity contribution in [2.24, 2.45) is 5.92 Å². The molecule has 3 rings (SSSR count). The van der Waals surface area contributed by atoms with Gasteiger partial charge in [-0.05, 0) is 26.2 Å². The van der Waals surface area contributed by atoms with Crippen LogP contribution in [0.1, 0.15) is 32.6 Å². The van der Waals surface area contributed by atoms with Crippen LogP contribution >= 0.6 is 0 Å². The quantitative estimate of drug-likeness (QED) is 0.777. The summed E-state index contributed by atoms with van der Waals surface area (Å²) in [7, 11) is 1.65. The fourth-order valence-corrected chi connectivity index (χ4v) is 3.55. The highest BCUT2D eigenvalue weighted by Crippen LogP contribution is 2.46. The van der Waals surface area contributed by atoms with Crippen molar-refractivity contribution in [3.63, 3.8) is 0 Å². The number of nitriles is 1. The highest BCUT2D eigenvalue weighted by Gasteiger charge is 2.58. The zero-order valence-electron chi connectivity index (χ0n) is 11.5. The molecule has 3 saturated heterocycles. The standard InChI is InChI=1S/C14H21NO4/c1-9(7-15)5-10-3-4-12-14(19-10)6-11(18-12)13(16-2)17-8-14/h9-13H,3-6,8H2,1-2H3/t9-,10-,11-,12+,13-,14?/m1/s1. The minimum atomic E-state index is -0.308. The van der Waals surface area contributed by atoms with E-state index in [1.165, 1.54) is 0 Å². The lowest BCUT2D eigenvalue weighted by molar-refractivity contribution is -0.231. The van der Waals surface area contributed by atoms with Crippen LogP contribution in [0.4, 0.5) is 0 Å². The van der Waals surface area contributed by atoms with Crippen LogP contribution < -0.4 is 0 Å². The lowest BCUT2D eigenvalue weighted by Crippen LogP contribution is -2.54. The van der Waals surface area contributed by atoms with E-state index in [2.05, 4.69) is 6.07 Å². The molecule has 0 aliphatic carbocycles. The maximum atomic E-state index is 8.92. The summed E-state index contributed by atoms with van der Waals surface area (Å²) in [6.45, 7) is 2.48. The van der Waals surface area contributed by atoms with Gasteiger partial charge in [-0.1, -0.05) is 0 Å². The molecule has 0 N–H and O–H groups in total. The number of fused-ring (bicyclic) bond motifs is 1. The summed E-state index contributed by atoms with van der Waals surface area (Å²) in [5.41, 5.74) is -0.308. The van der Waals surface area contributed by atoms with Gasteiger partial charge in [0.2, 0.25) is 0 Å². The van der Waals surface area contributed by atoms with Gasteiger partial charge in [0, 0.05) is 19.4 Å². The van der Waals surface area contributed by atoms with Crippen molar-refractivity contribution in [1.29, 1.82) is 5.26 Å². The molecule has 1 spiro atoms. The molecule has 3 aliphatic heterocycles. The molecule has 0 aromatic carbocycles. The van der Waals surface area contributed by atoms with Gasteiger partial charge in [0.25, 0.3) is 0 Å². The molecule has 0 aromatic heterocycles. The van der Waals surface area contributed by atoms with Crippen LogP contribution in [0.2, 0.25) is 0 Å². The number of rotatable bonds is 3. The Hall–Kier alpha value is -0.670. The lowest BCUT2D eigenvalue weighted by Gasteiger charge is -2.43. The van der Waals surface area contributed by atoms with E-state index in [0.717, 1.165) is 25.7 Å². The summed E-state index contributed by atoms with van der Waals surface area (Å²) < 4.78 is 23.3. The first-order valence-corrected chi connectivity index (χ1v) is 7.04. The van der Waals surface area contributed by atoms with Gasteiger partial charge in [-0.25, -0.2) is 0 Å². The van der Waals surface area contributed by atoms with E-state index in [-0.39, 0.29) is 36.1 Å². The topological polar surface area (TPSA) is 60.7 Å². The molecule has 3 aliphatic rings. The second-order valence-electron chi connectivity index (χ2n) is 5.93. The van der Waals surface area contributed by atoms with Crippen LogP contribution in [0.3, 0.4) is 0 Å². The van der Waals surface area contributed by atoms with Crippen molar-refractivity contribution in [3.8, 4) is 6.07 Å². The molecule has 106 valence electrons. The van der Waals surface area contributed by atoms with Crippen molar-refractivity contribution in [3.05, 3.63) is 0 Å². The minimum absolute atomic E-state index is 0.0177. The maximum Gasteiger partial charge on any atom is 0.183 e. The number of hydrogen-bond acceptors (Lipinski definition) is 5. The summed E-state index contributed by atoms with van der Waals surface area (Å²) in [5, 5.41) is 8.92. The lowest BCUT2D eigenvalue weighted by atomic mass is 9.84. The van der Waals surface area contributed by atoms with E-state index in [0.29, 0.717) is 6.61 Å². The fraction of sp³-hybridized carbons (Fsp3) is 0.929. The maximum absolute atomic E-state index is 8.92. The van der Waals surface area contributed by atoms with Crippen LogP contribution in [0.15, 0.2) is 0 Å². The van der Waals surface area contributed by atoms with Gasteiger partial charge in [-0.3, -0.25) is 0 Å². The van der Waals surface area contributed by atoms with Crippen LogP contribution in [0, 0.1) is 17.2 Å². The molecule has 5 nitrogen and oxygen atoms in total. The Morgan fingerprint density at radius 1 is 1.47 bits per heavy atom. The molecular weight excluding hydrogens is 246 g/mol. The molecule has 3 heterocycles. The summed E-state index contributed by atoms with van der Waals surface area (Å²) in [6.07, 6.45) is 3.56. The molecule has 0 amide bonds. The molecule has 0 radical (unpaired) electrons. The average Bonchev–Trinajstić information content (AvgIpc) is 2.71. The smallest absolute Gasteiger partial charge is 0.183 e. The van der Waals surface area contributed by atoms with Crippen molar-refractivity contribution < 1.29 is 18.9 Å². The molecule has 2 bridgehead atoms. The molecule has 19 heavy (non-hydrogen) atoms. The Balaban J connectivity index is 1.68. The summed E-state index contributed by atoms with van der Waals surface area (Å²) >= 11 is 0. The summed E-state index contributed by atoms with van der Waals surface area (Å²) in [4.78, 5) is 0. The second kappa shape index (κ2) is 5.02. The van der Waals surface area contributed by atoms with Gasteiger partial charge in [-0.2, -0.15) is 5.26 Å². The minimum Gasteiger partial charge on any atom is -0.366 e. The molecule has 1 unspecified atom stereocenters. The molecule has 0 saturated carbocycles. The van der Waals surface area contributed by atoms with Gasteiger partial charge >= 0.3 is 0 Å². The predicted molar refractivity (Wildman–Crippen MR) is 66.3 cm³/mol. The highest BCUT2D eigenvalue weighted by atomic mass is 16.7. The number of ether oxygens (including phenoxy) is 4. The van der Waals surface area contributed by atoms with E-state index in [4.69, 9.17) is 24.2 Å². The van der Waals surface area contributed by atoms with E-state index >= 15 is 0 Å². The van der Waals surface area contributed by atoms with Crippen LogP contribution in [-0.2, 0) is 18.9 Å². The first-order chi connectivity index (χ1) is 9.16. The van der Waals surface area contributed by atoms with Gasteiger partial charge in [0.1, 0.15) is 11.7 Å². The van der Waals surface area contributed by atoms with Crippen LogP contribution in [0.25, 0.3) is 0 Å². The van der Waals surface area contributed by atoms with Crippen LogP contribution in [-0.4, -0.2) is 43.9 Å². The molecular formula is C14H21NO4. The normalized spacial score (nSPS) is 46.4. The van der Waals surface area contributed by atoms with Crippen molar-refractivity contribution in [2.45, 2.75) is 62.8 Å². The third-order valence-electron chi connectivity index (χ3n) is 4.49. The van der Waals surface area contributed by atoms with Gasteiger partial charge < -0.3 is 18.9 Å². The number of methoxy groups -OCH3 is 1. The van der Waals surface area contributed by atoms with E-state index < -0.39 is 0 Å². The van der Waals surface area contributed by atoms with Gasteiger partial charge in [0.15, 0.2) is 6.29 Å². The SMILES string of the molecule is CO[C@@H]1OCC23C[C@H]1O[C@H]2CC[C@H](C[C@@H](C)C#N)O3. The third-order valence-corrected chi connectivity index (χ3v) is 4.49. The van der Waals surface area contributed by atoms with Crippen molar-refractivity contribution >= 4 is 0 Å². The Kier molecular flexibility index (Phi) is 3.52. The predicted octanol–water partition coefficient (Wildman–Crippen LogP) is 1.61. The van der Waals surface area contributed by atoms with Gasteiger partial charge in [0.05, 0.1) is 24.9 Å². The van der Waals surface area contributed by atoms with Crippen LogP contribution in [0.5, 0.6) is 0 Å². The fourth-order valence-electron chi connectivity index (χ4n) is 3.55. The molecule has 3 fully saturated rings. The molecule has 5 heteroatoms. The summed E-state index contributed by atoms with van der Waals surface area (Å²) in [5.74, 6) is 0.0345. The van der Waals surface area contributed by atoms with Crippen molar-refractivity contribution in [2.75, 3.05) is 13.7 Å². The molecule has 6 atom stereocenters. The Morgan fingerprint density at radius 3 is 3.05 bits per heavy atom. The number of hydrogen-bond donors (Lipinski definition) is 0. The Morgan fingerprint density at radius 2 is 2.32 bits per heavy atom. The summed E-state index contributed by atoms with van der Waals surface area (Å²) in [6, 6.07) is 2.28. The van der Waals surface area contributed by atoms with Gasteiger partial charge in [-0.15, -0.1) is 0 Å². The Bertz CT molecular complexity index is 382. The average molecular weight is 267 g/mol. The number of nitrogens with zero attached hydrogens (tertiary/aromatic N) is 1. The highest BCUT2D eigenvalue weighted by molar-refractivity contribution is 5.05. The van der Waals surface area contributed by atoms with E-state index in [9.17, 15) is 0 Å². The zero-order valence-corrected chi connectivity index (χ0v) is 11.5. The zero-order chi connectivity index (χ0) is 13.5.